The molecule has 0 unspecified atom stereocenters. The highest BCUT2D eigenvalue weighted by Crippen LogP contribution is 2.31. The van der Waals surface area contributed by atoms with Crippen LogP contribution in [0, 0.1) is 27.3 Å². The van der Waals surface area contributed by atoms with Gasteiger partial charge < -0.3 is 10.1 Å². The number of benzene rings is 3. The second-order valence-corrected chi connectivity index (χ2v) is 6.72. The van der Waals surface area contributed by atoms with Gasteiger partial charge in [0, 0.05) is 18.2 Å². The number of halogens is 4. The lowest BCUT2D eigenvalue weighted by Gasteiger charge is -2.12. The van der Waals surface area contributed by atoms with Gasteiger partial charge in [-0.15, -0.1) is 0 Å². The van der Waals surface area contributed by atoms with Crippen molar-refractivity contribution < 1.29 is 32.0 Å². The van der Waals surface area contributed by atoms with Crippen molar-refractivity contribution >= 4 is 17.3 Å². The van der Waals surface area contributed by atoms with Crippen LogP contribution in [0.4, 0.5) is 28.9 Å². The average Bonchev–Trinajstić information content (AvgIpc) is 2.75. The lowest BCUT2D eigenvalue weighted by molar-refractivity contribution is -0.384. The predicted octanol–water partition coefficient (Wildman–Crippen LogP) is 5.60. The number of nitrogens with zero attached hydrogens (tertiary/aromatic N) is 2. The summed E-state index contributed by atoms with van der Waals surface area (Å²) in [6.45, 7) is 0. The molecule has 0 bridgehead atoms. The summed E-state index contributed by atoms with van der Waals surface area (Å²) >= 11 is 0. The van der Waals surface area contributed by atoms with Crippen molar-refractivity contribution in [1.82, 2.24) is 0 Å². The summed E-state index contributed by atoms with van der Waals surface area (Å²) in [7, 11) is 0. The third-order valence-electron chi connectivity index (χ3n) is 4.35. The molecule has 0 radical (unpaired) electrons. The molecule has 7 nitrogen and oxygen atoms in total. The quantitative estimate of drug-likeness (QED) is 0.294. The predicted molar refractivity (Wildman–Crippen MR) is 108 cm³/mol. The number of nitriles is 1. The number of non-ortho nitro benzene ring substituents is 1. The van der Waals surface area contributed by atoms with E-state index in [0.29, 0.717) is 0 Å². The molecule has 0 aliphatic heterocycles. The Hall–Kier alpha value is -4.46. The van der Waals surface area contributed by atoms with E-state index in [1.165, 1.54) is 18.2 Å². The van der Waals surface area contributed by atoms with Crippen molar-refractivity contribution in [2.24, 2.45) is 0 Å². The summed E-state index contributed by atoms with van der Waals surface area (Å²) < 4.78 is 58.1. The van der Waals surface area contributed by atoms with Gasteiger partial charge in [0.25, 0.3) is 5.69 Å². The number of alkyl halides is 3. The molecule has 11 heteroatoms. The lowest BCUT2D eigenvalue weighted by atomic mass is 10.1. The van der Waals surface area contributed by atoms with E-state index < -0.39 is 34.8 Å². The van der Waals surface area contributed by atoms with Crippen molar-refractivity contribution in [1.29, 1.82) is 5.26 Å². The topological polar surface area (TPSA) is 105 Å². The van der Waals surface area contributed by atoms with Crippen molar-refractivity contribution in [3.63, 3.8) is 0 Å². The third-order valence-corrected chi connectivity index (χ3v) is 4.35. The highest BCUT2D eigenvalue weighted by molar-refractivity contribution is 5.92. The minimum Gasteiger partial charge on any atom is -0.456 e. The molecule has 3 aromatic rings. The number of ether oxygens (including phenoxy) is 1. The van der Waals surface area contributed by atoms with E-state index in [9.17, 15) is 37.7 Å². The SMILES string of the molecule is N#Cc1cc([N+](=O)[O-])ccc1Oc1ccc(F)c(NC(=O)Cc2cccc(C(F)(F)F)c2)c1. The van der Waals surface area contributed by atoms with Crippen LogP contribution in [0.1, 0.15) is 16.7 Å². The Morgan fingerprint density at radius 1 is 1.12 bits per heavy atom. The molecule has 0 heterocycles. The summed E-state index contributed by atoms with van der Waals surface area (Å²) in [6, 6.07) is 12.6. The zero-order chi connectivity index (χ0) is 24.2. The van der Waals surface area contributed by atoms with E-state index in [4.69, 9.17) is 4.74 Å². The van der Waals surface area contributed by atoms with Crippen LogP contribution in [-0.2, 0) is 17.4 Å². The van der Waals surface area contributed by atoms with E-state index in [2.05, 4.69) is 5.32 Å². The van der Waals surface area contributed by atoms with Crippen molar-refractivity contribution in [2.75, 3.05) is 5.32 Å². The van der Waals surface area contributed by atoms with Crippen LogP contribution in [-0.4, -0.2) is 10.8 Å². The van der Waals surface area contributed by atoms with Crippen molar-refractivity contribution in [3.8, 4) is 17.6 Å². The molecule has 0 saturated heterocycles. The lowest BCUT2D eigenvalue weighted by Crippen LogP contribution is -2.16. The summed E-state index contributed by atoms with van der Waals surface area (Å²) in [5, 5.41) is 22.3. The molecule has 168 valence electrons. The number of anilines is 1. The Morgan fingerprint density at radius 3 is 2.55 bits per heavy atom. The molecule has 0 aliphatic carbocycles. The van der Waals surface area contributed by atoms with Gasteiger partial charge in [-0.3, -0.25) is 14.9 Å². The first-order chi connectivity index (χ1) is 15.6. The van der Waals surface area contributed by atoms with Crippen LogP contribution >= 0.6 is 0 Å². The molecule has 0 fully saturated rings. The third kappa shape index (κ3) is 5.82. The Kier molecular flexibility index (Phi) is 6.58. The smallest absolute Gasteiger partial charge is 0.416 e. The molecule has 1 amide bonds. The Balaban J connectivity index is 1.77. The average molecular weight is 459 g/mol. The van der Waals surface area contributed by atoms with E-state index in [-0.39, 0.29) is 34.0 Å². The van der Waals surface area contributed by atoms with E-state index >= 15 is 0 Å². The number of rotatable bonds is 6. The zero-order valence-corrected chi connectivity index (χ0v) is 16.5. The first-order valence-electron chi connectivity index (χ1n) is 9.19. The number of carbonyl (C=O) groups excluding carboxylic acids is 1. The Labute approximate surface area is 184 Å². The minimum absolute atomic E-state index is 0.0103. The summed E-state index contributed by atoms with van der Waals surface area (Å²) in [6.07, 6.45) is -5.00. The van der Waals surface area contributed by atoms with Gasteiger partial charge >= 0.3 is 6.18 Å². The Morgan fingerprint density at radius 2 is 1.88 bits per heavy atom. The monoisotopic (exact) mass is 459 g/mol. The number of nitrogens with one attached hydrogen (secondary N) is 1. The largest absolute Gasteiger partial charge is 0.456 e. The molecule has 0 aliphatic rings. The fourth-order valence-corrected chi connectivity index (χ4v) is 2.84. The molecule has 33 heavy (non-hydrogen) atoms. The molecule has 1 N–H and O–H groups in total. The maximum Gasteiger partial charge on any atom is 0.416 e. The molecule has 0 saturated carbocycles. The van der Waals surface area contributed by atoms with E-state index in [0.717, 1.165) is 42.5 Å². The second-order valence-electron chi connectivity index (χ2n) is 6.72. The fraction of sp³-hybridized carbons (Fsp3) is 0.0909. The van der Waals surface area contributed by atoms with Gasteiger partial charge in [0.15, 0.2) is 0 Å². The first-order valence-corrected chi connectivity index (χ1v) is 9.19. The van der Waals surface area contributed by atoms with E-state index in [1.807, 2.05) is 0 Å². The van der Waals surface area contributed by atoms with Gasteiger partial charge in [0.05, 0.1) is 22.6 Å². The maximum absolute atomic E-state index is 14.2. The maximum atomic E-state index is 14.2. The van der Waals surface area contributed by atoms with Gasteiger partial charge in [-0.1, -0.05) is 18.2 Å². The van der Waals surface area contributed by atoms with Crippen LogP contribution in [0.2, 0.25) is 0 Å². The Bertz CT molecular complexity index is 1270. The second kappa shape index (κ2) is 9.35. The normalized spacial score (nSPS) is 10.9. The van der Waals surface area contributed by atoms with Crippen molar-refractivity contribution in [2.45, 2.75) is 12.6 Å². The van der Waals surface area contributed by atoms with Crippen LogP contribution in [0.3, 0.4) is 0 Å². The van der Waals surface area contributed by atoms with Gasteiger partial charge in [-0.25, -0.2) is 4.39 Å². The van der Waals surface area contributed by atoms with Gasteiger partial charge in [0.1, 0.15) is 28.9 Å². The molecule has 3 aromatic carbocycles. The molecule has 0 spiro atoms. The van der Waals surface area contributed by atoms with Crippen LogP contribution in [0.25, 0.3) is 0 Å². The molecule has 0 atom stereocenters. The van der Waals surface area contributed by atoms with Gasteiger partial charge in [-0.2, -0.15) is 18.4 Å². The molecular weight excluding hydrogens is 446 g/mol. The number of hydrogen-bond donors (Lipinski definition) is 1. The minimum atomic E-state index is -4.57. The fourth-order valence-electron chi connectivity index (χ4n) is 2.84. The van der Waals surface area contributed by atoms with E-state index in [1.54, 1.807) is 6.07 Å². The summed E-state index contributed by atoms with van der Waals surface area (Å²) in [5.74, 6) is -1.62. The number of nitro benzene ring substituents is 1. The molecular formula is C22H13F4N3O4. The van der Waals surface area contributed by atoms with Crippen molar-refractivity contribution in [3.05, 3.63) is 93.3 Å². The van der Waals surface area contributed by atoms with Crippen LogP contribution < -0.4 is 10.1 Å². The highest BCUT2D eigenvalue weighted by Gasteiger charge is 2.30. The summed E-state index contributed by atoms with van der Waals surface area (Å²) in [4.78, 5) is 22.4. The standard InChI is InChI=1S/C22H13F4N3O4/c23-18-6-5-17(33-20-7-4-16(29(31)32)10-14(20)12-27)11-19(18)28-21(30)9-13-2-1-3-15(8-13)22(24,25)26/h1-8,10-11H,9H2,(H,28,30). The molecule has 3 rings (SSSR count). The zero-order valence-electron chi connectivity index (χ0n) is 16.5. The number of amides is 1. The van der Waals surface area contributed by atoms with Gasteiger partial charge in [-0.05, 0) is 29.8 Å². The molecule has 0 aromatic heterocycles. The number of nitro groups is 1. The number of carbonyl (C=O) groups is 1. The van der Waals surface area contributed by atoms with Gasteiger partial charge in [0.2, 0.25) is 5.91 Å². The van der Waals surface area contributed by atoms with Crippen LogP contribution in [0.15, 0.2) is 60.7 Å². The summed E-state index contributed by atoms with van der Waals surface area (Å²) in [5.41, 5.74) is -1.58. The highest BCUT2D eigenvalue weighted by atomic mass is 19.4. The van der Waals surface area contributed by atoms with Crippen LogP contribution in [0.5, 0.6) is 11.5 Å². The first kappa shape index (κ1) is 23.2. The number of hydrogen-bond acceptors (Lipinski definition) is 5.